The molecule has 1 aliphatic rings. The summed E-state index contributed by atoms with van der Waals surface area (Å²) in [5.41, 5.74) is 0. The van der Waals surface area contributed by atoms with E-state index < -0.39 is 0 Å². The molecular formula is C8H11NO3S. The largest absolute Gasteiger partial charge is 0.288 e. The third kappa shape index (κ3) is 2.84. The molecule has 0 radical (unpaired) electrons. The molecule has 0 atom stereocenters. The first kappa shape index (κ1) is 10.2. The molecule has 1 aliphatic heterocycles. The van der Waals surface area contributed by atoms with E-state index in [9.17, 15) is 14.4 Å². The lowest BCUT2D eigenvalue weighted by molar-refractivity contribution is -0.138. The number of carbonyl (C=O) groups is 3. The van der Waals surface area contributed by atoms with Crippen molar-refractivity contribution in [3.05, 3.63) is 0 Å². The number of nitrogens with zero attached hydrogens (tertiary/aromatic N) is 1. The molecule has 0 aromatic heterocycles. The molecule has 4 nitrogen and oxygen atoms in total. The Morgan fingerprint density at radius 2 is 1.92 bits per heavy atom. The van der Waals surface area contributed by atoms with Crippen molar-refractivity contribution in [1.29, 1.82) is 0 Å². The fraction of sp³-hybridized carbons (Fsp3) is 0.625. The van der Waals surface area contributed by atoms with Crippen LogP contribution in [0.2, 0.25) is 0 Å². The van der Waals surface area contributed by atoms with Gasteiger partial charge in [0.25, 0.3) is 0 Å². The van der Waals surface area contributed by atoms with Crippen molar-refractivity contribution in [2.24, 2.45) is 0 Å². The highest BCUT2D eigenvalue weighted by molar-refractivity contribution is 8.13. The summed E-state index contributed by atoms with van der Waals surface area (Å²) in [7, 11) is 0. The molecule has 0 spiro atoms. The van der Waals surface area contributed by atoms with Gasteiger partial charge < -0.3 is 0 Å². The van der Waals surface area contributed by atoms with E-state index in [-0.39, 0.29) is 16.9 Å². The molecule has 1 fully saturated rings. The van der Waals surface area contributed by atoms with Gasteiger partial charge in [-0.2, -0.15) is 0 Å². The number of carbonyl (C=O) groups excluding carboxylic acids is 3. The maximum absolute atomic E-state index is 11.1. The van der Waals surface area contributed by atoms with E-state index in [0.29, 0.717) is 25.1 Å². The van der Waals surface area contributed by atoms with Gasteiger partial charge in [0, 0.05) is 32.1 Å². The summed E-state index contributed by atoms with van der Waals surface area (Å²) in [4.78, 5) is 33.9. The maximum Gasteiger partial charge on any atom is 0.229 e. The normalized spacial score (nSPS) is 16.8. The van der Waals surface area contributed by atoms with Gasteiger partial charge in [0.15, 0.2) is 5.12 Å². The number of amides is 2. The van der Waals surface area contributed by atoms with Crippen molar-refractivity contribution in [2.45, 2.75) is 19.8 Å². The Morgan fingerprint density at radius 1 is 1.38 bits per heavy atom. The quantitative estimate of drug-likeness (QED) is 0.621. The standard InChI is InChI=1S/C8H11NO3S/c1-6(10)13-5-4-9-7(11)2-3-8(9)12/h2-5H2,1H3. The molecule has 2 amide bonds. The lowest BCUT2D eigenvalue weighted by Gasteiger charge is -2.11. The third-order valence-corrected chi connectivity index (χ3v) is 2.57. The van der Waals surface area contributed by atoms with Gasteiger partial charge in [0.2, 0.25) is 11.8 Å². The summed E-state index contributed by atoms with van der Waals surface area (Å²) in [6.07, 6.45) is 0.646. The molecule has 0 unspecified atom stereocenters. The van der Waals surface area contributed by atoms with Crippen LogP contribution in [-0.2, 0) is 14.4 Å². The van der Waals surface area contributed by atoms with E-state index in [1.165, 1.54) is 11.8 Å². The minimum absolute atomic E-state index is 0.0131. The molecule has 0 aliphatic carbocycles. The van der Waals surface area contributed by atoms with Gasteiger partial charge in [-0.3, -0.25) is 19.3 Å². The Hall–Kier alpha value is -0.840. The molecule has 0 aromatic rings. The SMILES string of the molecule is CC(=O)SCCN1C(=O)CCC1=O. The van der Waals surface area contributed by atoms with E-state index in [0.717, 1.165) is 11.8 Å². The summed E-state index contributed by atoms with van der Waals surface area (Å²) in [6.45, 7) is 1.83. The number of likely N-dealkylation sites (tertiary alicyclic amines) is 1. The van der Waals surface area contributed by atoms with Crippen LogP contribution >= 0.6 is 11.8 Å². The van der Waals surface area contributed by atoms with Gasteiger partial charge in [0.05, 0.1) is 0 Å². The Morgan fingerprint density at radius 3 is 2.38 bits per heavy atom. The molecule has 1 saturated heterocycles. The molecule has 0 aromatic carbocycles. The molecule has 5 heteroatoms. The van der Waals surface area contributed by atoms with Crippen molar-refractivity contribution >= 4 is 28.7 Å². The van der Waals surface area contributed by atoms with Gasteiger partial charge in [0.1, 0.15) is 0 Å². The fourth-order valence-electron chi connectivity index (χ4n) is 1.15. The van der Waals surface area contributed by atoms with E-state index in [2.05, 4.69) is 0 Å². The second kappa shape index (κ2) is 4.41. The van der Waals surface area contributed by atoms with Crippen molar-refractivity contribution in [2.75, 3.05) is 12.3 Å². The number of hydrogen-bond acceptors (Lipinski definition) is 4. The first-order chi connectivity index (χ1) is 6.11. The number of thioether (sulfide) groups is 1. The van der Waals surface area contributed by atoms with E-state index in [4.69, 9.17) is 0 Å². The highest BCUT2D eigenvalue weighted by atomic mass is 32.2. The van der Waals surface area contributed by atoms with Gasteiger partial charge >= 0.3 is 0 Å². The van der Waals surface area contributed by atoms with Crippen molar-refractivity contribution < 1.29 is 14.4 Å². The third-order valence-electron chi connectivity index (χ3n) is 1.78. The second-order valence-corrected chi connectivity index (χ2v) is 4.05. The lowest BCUT2D eigenvalue weighted by Crippen LogP contribution is -2.31. The molecule has 0 bridgehead atoms. The minimum Gasteiger partial charge on any atom is -0.288 e. The van der Waals surface area contributed by atoms with Gasteiger partial charge in [-0.15, -0.1) is 0 Å². The molecule has 1 heterocycles. The molecule has 72 valence electrons. The molecule has 0 saturated carbocycles. The van der Waals surface area contributed by atoms with Crippen LogP contribution in [0.1, 0.15) is 19.8 Å². The smallest absolute Gasteiger partial charge is 0.229 e. The van der Waals surface area contributed by atoms with Crippen molar-refractivity contribution in [3.63, 3.8) is 0 Å². The highest BCUT2D eigenvalue weighted by Crippen LogP contribution is 2.12. The Balaban J connectivity index is 2.31. The van der Waals surface area contributed by atoms with Crippen LogP contribution in [0.25, 0.3) is 0 Å². The molecule has 1 rings (SSSR count). The second-order valence-electron chi connectivity index (χ2n) is 2.78. The molecule has 0 N–H and O–H groups in total. The van der Waals surface area contributed by atoms with Crippen LogP contribution in [0.15, 0.2) is 0 Å². The monoisotopic (exact) mass is 201 g/mol. The van der Waals surface area contributed by atoms with E-state index in [1.807, 2.05) is 0 Å². The van der Waals surface area contributed by atoms with Gasteiger partial charge in [-0.1, -0.05) is 11.8 Å². The maximum atomic E-state index is 11.1. The van der Waals surface area contributed by atoms with Crippen LogP contribution in [0, 0.1) is 0 Å². The average Bonchev–Trinajstić information content (AvgIpc) is 2.34. The topological polar surface area (TPSA) is 54.5 Å². The summed E-state index contributed by atoms with van der Waals surface area (Å²) in [5, 5.41) is 0.0131. The van der Waals surface area contributed by atoms with Crippen LogP contribution in [0.3, 0.4) is 0 Å². The summed E-state index contributed by atoms with van der Waals surface area (Å²) < 4.78 is 0. The predicted octanol–water partition coefficient (Wildman–Crippen LogP) is 0.415. The number of rotatable bonds is 3. The lowest BCUT2D eigenvalue weighted by atomic mass is 10.4. The number of imide groups is 1. The molecule has 13 heavy (non-hydrogen) atoms. The Labute approximate surface area is 80.7 Å². The Bertz CT molecular complexity index is 236. The predicted molar refractivity (Wildman–Crippen MR) is 49.1 cm³/mol. The van der Waals surface area contributed by atoms with Crippen LogP contribution < -0.4 is 0 Å². The number of hydrogen-bond donors (Lipinski definition) is 0. The Kier molecular flexibility index (Phi) is 3.48. The van der Waals surface area contributed by atoms with Crippen LogP contribution in [-0.4, -0.2) is 34.1 Å². The van der Waals surface area contributed by atoms with Crippen molar-refractivity contribution in [1.82, 2.24) is 4.90 Å². The minimum atomic E-state index is -0.117. The zero-order chi connectivity index (χ0) is 9.84. The van der Waals surface area contributed by atoms with E-state index >= 15 is 0 Å². The van der Waals surface area contributed by atoms with Crippen LogP contribution in [0.4, 0.5) is 0 Å². The fourth-order valence-corrected chi connectivity index (χ4v) is 1.71. The summed E-state index contributed by atoms with van der Waals surface area (Å²) in [6, 6.07) is 0. The zero-order valence-electron chi connectivity index (χ0n) is 7.41. The first-order valence-electron chi connectivity index (χ1n) is 4.08. The van der Waals surface area contributed by atoms with Gasteiger partial charge in [-0.25, -0.2) is 0 Å². The van der Waals surface area contributed by atoms with E-state index in [1.54, 1.807) is 0 Å². The van der Waals surface area contributed by atoms with Gasteiger partial charge in [-0.05, 0) is 0 Å². The average molecular weight is 201 g/mol. The van der Waals surface area contributed by atoms with Crippen molar-refractivity contribution in [3.8, 4) is 0 Å². The van der Waals surface area contributed by atoms with Crippen LogP contribution in [0.5, 0.6) is 0 Å². The highest BCUT2D eigenvalue weighted by Gasteiger charge is 2.28. The summed E-state index contributed by atoms with van der Waals surface area (Å²) >= 11 is 1.14. The first-order valence-corrected chi connectivity index (χ1v) is 5.06. The summed E-state index contributed by atoms with van der Waals surface area (Å²) in [5.74, 6) is 0.274. The zero-order valence-corrected chi connectivity index (χ0v) is 8.23. The molecular weight excluding hydrogens is 190 g/mol.